The Balaban J connectivity index is 1.46. The van der Waals surface area contributed by atoms with Gasteiger partial charge in [0, 0.05) is 35.1 Å². The molecule has 130 valence electrons. The van der Waals surface area contributed by atoms with E-state index in [1.165, 1.54) is 0 Å². The molecular formula is C18H15FN6O. The molecule has 1 N–H and O–H groups in total. The Bertz CT molecular complexity index is 1110. The lowest BCUT2D eigenvalue weighted by Crippen LogP contribution is -2.50. The lowest BCUT2D eigenvalue weighted by molar-refractivity contribution is -0.121. The van der Waals surface area contributed by atoms with Crippen molar-refractivity contribution < 1.29 is 9.13 Å². The van der Waals surface area contributed by atoms with Crippen molar-refractivity contribution in [2.75, 3.05) is 25.1 Å². The summed E-state index contributed by atoms with van der Waals surface area (Å²) in [6, 6.07) is 7.87. The van der Waals surface area contributed by atoms with Crippen molar-refractivity contribution in [3.63, 3.8) is 0 Å². The van der Waals surface area contributed by atoms with Crippen LogP contribution in [0.4, 0.5) is 10.3 Å². The maximum Gasteiger partial charge on any atom is 0.241 e. The first kappa shape index (κ1) is 15.2. The molecule has 5 rings (SSSR count). The van der Waals surface area contributed by atoms with Gasteiger partial charge in [-0.25, -0.2) is 23.9 Å². The van der Waals surface area contributed by atoms with Gasteiger partial charge >= 0.3 is 0 Å². The molecule has 4 aromatic heterocycles. The van der Waals surface area contributed by atoms with Crippen LogP contribution in [0.15, 0.2) is 49.1 Å². The zero-order chi connectivity index (χ0) is 17.6. The number of halogens is 1. The van der Waals surface area contributed by atoms with Gasteiger partial charge in [0.1, 0.15) is 0 Å². The first-order valence-electron chi connectivity index (χ1n) is 8.26. The average Bonchev–Trinajstić information content (AvgIpc) is 3.07. The van der Waals surface area contributed by atoms with Crippen molar-refractivity contribution in [2.45, 2.75) is 5.67 Å². The molecule has 0 amide bonds. The molecule has 0 aliphatic carbocycles. The van der Waals surface area contributed by atoms with Gasteiger partial charge in [-0.2, -0.15) is 0 Å². The van der Waals surface area contributed by atoms with E-state index < -0.39 is 5.67 Å². The van der Waals surface area contributed by atoms with Crippen molar-refractivity contribution in [1.29, 1.82) is 0 Å². The van der Waals surface area contributed by atoms with E-state index in [1.807, 2.05) is 30.5 Å². The van der Waals surface area contributed by atoms with E-state index in [0.29, 0.717) is 11.6 Å². The third-order valence-corrected chi connectivity index (χ3v) is 4.47. The second-order valence-electron chi connectivity index (χ2n) is 6.41. The minimum absolute atomic E-state index is 0.111. The molecule has 0 radical (unpaired) electrons. The minimum atomic E-state index is -1.33. The van der Waals surface area contributed by atoms with Crippen LogP contribution in [-0.4, -0.2) is 50.0 Å². The molecule has 0 saturated carbocycles. The molecule has 1 fully saturated rings. The van der Waals surface area contributed by atoms with Crippen LogP contribution in [0.3, 0.4) is 0 Å². The fourth-order valence-electron chi connectivity index (χ4n) is 3.00. The normalized spacial score (nSPS) is 15.9. The van der Waals surface area contributed by atoms with Gasteiger partial charge in [-0.15, -0.1) is 5.10 Å². The molecule has 0 unspecified atom stereocenters. The number of nitrogens with one attached hydrogen (secondary N) is 1. The Morgan fingerprint density at radius 3 is 2.96 bits per heavy atom. The number of hydrogen-bond acceptors (Lipinski definition) is 6. The average molecular weight is 350 g/mol. The summed E-state index contributed by atoms with van der Waals surface area (Å²) in [6.45, 7) is 0.355. The molecule has 1 saturated heterocycles. The summed E-state index contributed by atoms with van der Waals surface area (Å²) in [5, 5.41) is 8.30. The second-order valence-corrected chi connectivity index (χ2v) is 6.41. The standard InChI is InChI=1S/C18H15FN6O/c19-18(10-26-11-18)9-23-17-22-8-15-14(3-5-25(15)24-17)13-6-12-2-1-4-20-16(12)21-7-13/h1-8H,9-11H2,(H,23,24). The number of alkyl halides is 1. The molecular weight excluding hydrogens is 335 g/mol. The van der Waals surface area contributed by atoms with Gasteiger partial charge in [0.15, 0.2) is 11.3 Å². The molecule has 7 nitrogen and oxygen atoms in total. The van der Waals surface area contributed by atoms with Gasteiger partial charge in [0.2, 0.25) is 5.95 Å². The lowest BCUT2D eigenvalue weighted by atomic mass is 10.1. The molecule has 8 heteroatoms. The van der Waals surface area contributed by atoms with Gasteiger partial charge < -0.3 is 10.1 Å². The third-order valence-electron chi connectivity index (χ3n) is 4.47. The number of fused-ring (bicyclic) bond motifs is 2. The van der Waals surface area contributed by atoms with E-state index in [4.69, 9.17) is 4.74 Å². The summed E-state index contributed by atoms with van der Waals surface area (Å²) in [7, 11) is 0. The summed E-state index contributed by atoms with van der Waals surface area (Å²) in [6.07, 6.45) is 7.09. The highest BCUT2D eigenvalue weighted by Gasteiger charge is 2.38. The third kappa shape index (κ3) is 2.55. The highest BCUT2D eigenvalue weighted by molar-refractivity contribution is 5.86. The molecule has 1 aliphatic rings. The number of pyridine rings is 2. The van der Waals surface area contributed by atoms with Crippen LogP contribution < -0.4 is 5.32 Å². The van der Waals surface area contributed by atoms with Crippen molar-refractivity contribution in [2.24, 2.45) is 0 Å². The Morgan fingerprint density at radius 2 is 2.12 bits per heavy atom. The quantitative estimate of drug-likeness (QED) is 0.609. The van der Waals surface area contributed by atoms with E-state index >= 15 is 0 Å². The summed E-state index contributed by atoms with van der Waals surface area (Å²) >= 11 is 0. The largest absolute Gasteiger partial charge is 0.374 e. The topological polar surface area (TPSA) is 77.2 Å². The van der Waals surface area contributed by atoms with Crippen molar-refractivity contribution in [3.8, 4) is 11.1 Å². The summed E-state index contributed by atoms with van der Waals surface area (Å²) < 4.78 is 20.6. The maximum absolute atomic E-state index is 14.0. The maximum atomic E-state index is 14.0. The van der Waals surface area contributed by atoms with E-state index in [1.54, 1.807) is 23.1 Å². The highest BCUT2D eigenvalue weighted by atomic mass is 19.1. The zero-order valence-electron chi connectivity index (χ0n) is 13.8. The number of ether oxygens (including phenoxy) is 1. The minimum Gasteiger partial charge on any atom is -0.374 e. The van der Waals surface area contributed by atoms with Crippen LogP contribution in [0.25, 0.3) is 27.7 Å². The van der Waals surface area contributed by atoms with E-state index in [2.05, 4.69) is 25.4 Å². The Kier molecular flexibility index (Phi) is 3.32. The van der Waals surface area contributed by atoms with Crippen LogP contribution in [0.2, 0.25) is 0 Å². The lowest BCUT2D eigenvalue weighted by Gasteiger charge is -2.33. The van der Waals surface area contributed by atoms with Crippen LogP contribution >= 0.6 is 0 Å². The molecule has 0 bridgehead atoms. The highest BCUT2D eigenvalue weighted by Crippen LogP contribution is 2.27. The van der Waals surface area contributed by atoms with Gasteiger partial charge in [0.05, 0.1) is 31.5 Å². The van der Waals surface area contributed by atoms with Crippen LogP contribution in [-0.2, 0) is 4.74 Å². The number of aromatic nitrogens is 5. The summed E-state index contributed by atoms with van der Waals surface area (Å²) in [5.41, 5.74) is 2.17. The van der Waals surface area contributed by atoms with Crippen LogP contribution in [0.5, 0.6) is 0 Å². The van der Waals surface area contributed by atoms with Gasteiger partial charge in [-0.3, -0.25) is 0 Å². The SMILES string of the molecule is FC1(CNc2ncc3c(-c4cnc5ncccc5c4)ccn3n2)COC1. The van der Waals surface area contributed by atoms with E-state index in [0.717, 1.165) is 22.0 Å². The summed E-state index contributed by atoms with van der Waals surface area (Å²) in [5.74, 6) is 0.379. The molecule has 5 heterocycles. The van der Waals surface area contributed by atoms with Crippen LogP contribution in [0, 0.1) is 0 Å². The number of rotatable bonds is 4. The van der Waals surface area contributed by atoms with Gasteiger partial charge in [-0.1, -0.05) is 0 Å². The van der Waals surface area contributed by atoms with E-state index in [-0.39, 0.29) is 19.8 Å². The second kappa shape index (κ2) is 5.70. The predicted octanol–water partition coefficient (Wildman–Crippen LogP) is 2.49. The molecule has 0 spiro atoms. The molecule has 0 atom stereocenters. The number of anilines is 1. The molecule has 1 aliphatic heterocycles. The Labute approximate surface area is 147 Å². The van der Waals surface area contributed by atoms with Gasteiger partial charge in [0.25, 0.3) is 0 Å². The summed E-state index contributed by atoms with van der Waals surface area (Å²) in [4.78, 5) is 13.0. The Morgan fingerprint density at radius 1 is 1.19 bits per heavy atom. The van der Waals surface area contributed by atoms with Crippen molar-refractivity contribution in [1.82, 2.24) is 24.6 Å². The first-order chi connectivity index (χ1) is 12.7. The Hall–Kier alpha value is -3.13. The number of hydrogen-bond donors (Lipinski definition) is 1. The van der Waals surface area contributed by atoms with Crippen LogP contribution in [0.1, 0.15) is 0 Å². The predicted molar refractivity (Wildman–Crippen MR) is 94.7 cm³/mol. The smallest absolute Gasteiger partial charge is 0.241 e. The first-order valence-corrected chi connectivity index (χ1v) is 8.26. The monoisotopic (exact) mass is 350 g/mol. The van der Waals surface area contributed by atoms with Crippen molar-refractivity contribution >= 4 is 22.5 Å². The molecule has 26 heavy (non-hydrogen) atoms. The molecule has 4 aromatic rings. The molecule has 0 aromatic carbocycles. The zero-order valence-corrected chi connectivity index (χ0v) is 13.8. The fourth-order valence-corrected chi connectivity index (χ4v) is 3.00. The van der Waals surface area contributed by atoms with E-state index in [9.17, 15) is 4.39 Å². The number of nitrogens with zero attached hydrogens (tertiary/aromatic N) is 5. The van der Waals surface area contributed by atoms with Gasteiger partial charge in [-0.05, 0) is 24.3 Å². The fraction of sp³-hybridized carbons (Fsp3) is 0.222. The van der Waals surface area contributed by atoms with Crippen molar-refractivity contribution in [3.05, 3.63) is 49.1 Å².